The predicted molar refractivity (Wildman–Crippen MR) is 191 cm³/mol. The van der Waals surface area contributed by atoms with Crippen LogP contribution in [-0.2, 0) is 16.1 Å². The monoisotopic (exact) mass is 651 g/mol. The van der Waals surface area contributed by atoms with Crippen molar-refractivity contribution in [2.75, 3.05) is 32.6 Å². The minimum Gasteiger partial charge on any atom is -0.494 e. The number of likely N-dealkylation sites (tertiary alicyclic amines) is 1. The summed E-state index contributed by atoms with van der Waals surface area (Å²) in [6.07, 6.45) is 15.1. The van der Waals surface area contributed by atoms with Crippen LogP contribution in [0.3, 0.4) is 0 Å². The van der Waals surface area contributed by atoms with Crippen molar-refractivity contribution in [3.8, 4) is 5.75 Å². The second kappa shape index (κ2) is 15.8. The Labute approximate surface area is 284 Å². The molecule has 10 nitrogen and oxygen atoms in total. The number of nitrogens with one attached hydrogen (secondary N) is 3. The van der Waals surface area contributed by atoms with Gasteiger partial charge in [0.15, 0.2) is 0 Å². The fourth-order valence-corrected chi connectivity index (χ4v) is 5.69. The molecule has 48 heavy (non-hydrogen) atoms. The maximum atomic E-state index is 12.5. The molecular formula is C38H49N7O3. The van der Waals surface area contributed by atoms with Crippen molar-refractivity contribution in [2.24, 2.45) is 23.3 Å². The number of aromatic nitrogens is 1. The number of anilines is 1. The zero-order valence-electron chi connectivity index (χ0n) is 28.5. The van der Waals surface area contributed by atoms with Gasteiger partial charge in [-0.1, -0.05) is 55.0 Å². The first-order valence-electron chi connectivity index (χ1n) is 16.9. The van der Waals surface area contributed by atoms with Gasteiger partial charge in [0.25, 0.3) is 5.91 Å². The molecule has 3 aliphatic rings. The molecule has 254 valence electrons. The fourth-order valence-electron chi connectivity index (χ4n) is 5.69. The van der Waals surface area contributed by atoms with Gasteiger partial charge >= 0.3 is 0 Å². The molecule has 5 rings (SSSR count). The second-order valence-corrected chi connectivity index (χ2v) is 12.8. The highest BCUT2D eigenvalue weighted by atomic mass is 16.5. The minimum atomic E-state index is -0.491. The number of carbonyl (C=O) groups excluding carboxylic acids is 2. The summed E-state index contributed by atoms with van der Waals surface area (Å²) in [7, 11) is 3.10. The van der Waals surface area contributed by atoms with E-state index in [1.54, 1.807) is 7.11 Å². The normalized spacial score (nSPS) is 18.3. The van der Waals surface area contributed by atoms with Crippen LogP contribution in [0.5, 0.6) is 5.75 Å². The Hall–Kier alpha value is -4.83. The lowest BCUT2D eigenvalue weighted by molar-refractivity contribution is -0.121. The number of nitrogens with two attached hydrogens (primary N) is 2. The predicted octanol–water partition coefficient (Wildman–Crippen LogP) is 5.05. The van der Waals surface area contributed by atoms with Gasteiger partial charge in [0, 0.05) is 61.8 Å². The van der Waals surface area contributed by atoms with E-state index in [-0.39, 0.29) is 29.0 Å². The highest BCUT2D eigenvalue weighted by Crippen LogP contribution is 2.39. The highest BCUT2D eigenvalue weighted by Gasteiger charge is 2.30. The van der Waals surface area contributed by atoms with Crippen LogP contribution in [0.25, 0.3) is 5.57 Å². The van der Waals surface area contributed by atoms with Crippen LogP contribution in [0.2, 0.25) is 0 Å². The Morgan fingerprint density at radius 1 is 1.04 bits per heavy atom. The maximum absolute atomic E-state index is 12.5. The van der Waals surface area contributed by atoms with Crippen molar-refractivity contribution in [2.45, 2.75) is 58.4 Å². The van der Waals surface area contributed by atoms with Gasteiger partial charge in [-0.3, -0.25) is 19.5 Å². The summed E-state index contributed by atoms with van der Waals surface area (Å²) in [4.78, 5) is 32.2. The van der Waals surface area contributed by atoms with Crippen molar-refractivity contribution >= 4 is 23.1 Å². The van der Waals surface area contributed by atoms with E-state index in [4.69, 9.17) is 21.2 Å². The lowest BCUT2D eigenvalue weighted by Crippen LogP contribution is -2.46. The first kappa shape index (κ1) is 34.5. The molecule has 1 saturated heterocycles. The summed E-state index contributed by atoms with van der Waals surface area (Å²) < 4.78 is 5.94. The van der Waals surface area contributed by atoms with Crippen LogP contribution in [-0.4, -0.2) is 48.9 Å². The number of nitrogens with zero attached hydrogens (tertiary/aromatic N) is 2. The van der Waals surface area contributed by atoms with E-state index in [2.05, 4.69) is 77.2 Å². The quantitative estimate of drug-likeness (QED) is 0.133. The Morgan fingerprint density at radius 3 is 2.46 bits per heavy atom. The summed E-state index contributed by atoms with van der Waals surface area (Å²) in [6.45, 7) is 7.19. The zero-order chi connectivity index (χ0) is 34.2. The molecule has 3 fully saturated rings. The molecule has 0 unspecified atom stereocenters. The molecule has 2 amide bonds. The third kappa shape index (κ3) is 8.95. The van der Waals surface area contributed by atoms with Gasteiger partial charge in [0.1, 0.15) is 17.3 Å². The lowest BCUT2D eigenvalue weighted by atomic mass is 9.91. The molecule has 10 heteroatoms. The van der Waals surface area contributed by atoms with Gasteiger partial charge in [-0.2, -0.15) is 0 Å². The number of ether oxygens (including phenoxy) is 1. The lowest BCUT2D eigenvalue weighted by Gasteiger charge is -2.39. The van der Waals surface area contributed by atoms with Gasteiger partial charge in [-0.15, -0.1) is 0 Å². The average molecular weight is 652 g/mol. The molecule has 2 aliphatic carbocycles. The van der Waals surface area contributed by atoms with Gasteiger partial charge in [-0.05, 0) is 62.8 Å². The standard InChI is InChI=1S/C38H49N7O3/c1-5-6-9-25(15-14-24(2)28-21-45(22-28)23-29-10-7-12-31(42-29)26-16-17-26)30-11-8-13-32(36(30)48-4)43-33(35(40)38(47)41-3)20-34(39)44-37(46)27-18-19-27/h6-15,20,26-28,43H,5,16-19,21-23,39-40H2,1-4H3,(H,41,47)(H,44,46)/b9-6+,24-14+,25-15+,34-20+,35-33+. The molecule has 0 spiro atoms. The van der Waals surface area contributed by atoms with E-state index in [0.717, 1.165) is 55.7 Å². The number of allylic oxidation sites excluding steroid dienone is 6. The highest BCUT2D eigenvalue weighted by molar-refractivity contribution is 5.94. The van der Waals surface area contributed by atoms with Crippen LogP contribution in [0.15, 0.2) is 89.6 Å². The van der Waals surface area contributed by atoms with Gasteiger partial charge < -0.3 is 32.2 Å². The summed E-state index contributed by atoms with van der Waals surface area (Å²) in [5, 5.41) is 8.48. The maximum Gasteiger partial charge on any atom is 0.269 e. The molecule has 7 N–H and O–H groups in total. The largest absolute Gasteiger partial charge is 0.494 e. The van der Waals surface area contributed by atoms with Crippen LogP contribution in [0.1, 0.15) is 68.8 Å². The Bertz CT molecular complexity index is 1660. The van der Waals surface area contributed by atoms with Crippen molar-refractivity contribution in [1.82, 2.24) is 20.5 Å². The Morgan fingerprint density at radius 2 is 1.79 bits per heavy atom. The van der Waals surface area contributed by atoms with Crippen LogP contribution < -0.4 is 32.2 Å². The van der Waals surface area contributed by atoms with E-state index in [1.165, 1.54) is 37.2 Å². The number of carbonyl (C=O) groups is 2. The molecule has 0 atom stereocenters. The third-order valence-electron chi connectivity index (χ3n) is 8.95. The molecule has 0 radical (unpaired) electrons. The molecule has 2 heterocycles. The second-order valence-electron chi connectivity index (χ2n) is 12.8. The number of rotatable bonds is 15. The average Bonchev–Trinajstić information content (AvgIpc) is 3.98. The van der Waals surface area contributed by atoms with Gasteiger partial charge in [-0.25, -0.2) is 0 Å². The van der Waals surface area contributed by atoms with E-state index in [9.17, 15) is 9.59 Å². The van der Waals surface area contributed by atoms with Crippen LogP contribution >= 0.6 is 0 Å². The molecule has 2 saturated carbocycles. The van der Waals surface area contributed by atoms with Crippen molar-refractivity contribution in [3.63, 3.8) is 0 Å². The minimum absolute atomic E-state index is 0.0283. The topological polar surface area (TPSA) is 148 Å². The molecule has 0 bridgehead atoms. The number of pyridine rings is 1. The Kier molecular flexibility index (Phi) is 11.4. The van der Waals surface area contributed by atoms with Crippen molar-refractivity contribution < 1.29 is 14.3 Å². The first-order valence-corrected chi connectivity index (χ1v) is 16.9. The zero-order valence-corrected chi connectivity index (χ0v) is 28.5. The number of likely N-dealkylation sites (N-methyl/N-ethyl adjacent to an activating group) is 1. The summed E-state index contributed by atoms with van der Waals surface area (Å²) in [5.41, 5.74) is 18.7. The SMILES string of the molecule is CC/C=C/C(=C\C=C(/C)C1CN(Cc2cccc(C3CC3)n2)C1)c1cccc(NC(/C=C(\N)NC(=O)C2CC2)=C(/N)C(=O)NC)c1OC. The molecule has 1 aromatic heterocycles. The number of amides is 2. The van der Waals surface area contributed by atoms with Crippen LogP contribution in [0.4, 0.5) is 5.69 Å². The molecular weight excluding hydrogens is 602 g/mol. The van der Waals surface area contributed by atoms with E-state index in [1.807, 2.05) is 18.2 Å². The fraction of sp³-hybridized carbons (Fsp3) is 0.395. The summed E-state index contributed by atoms with van der Waals surface area (Å²) in [5.74, 6) is 1.14. The van der Waals surface area contributed by atoms with E-state index >= 15 is 0 Å². The molecule has 1 aromatic carbocycles. The molecule has 2 aromatic rings. The van der Waals surface area contributed by atoms with Crippen molar-refractivity contribution in [1.29, 1.82) is 0 Å². The van der Waals surface area contributed by atoms with Crippen molar-refractivity contribution in [3.05, 3.63) is 107 Å². The van der Waals surface area contributed by atoms with E-state index < -0.39 is 5.91 Å². The van der Waals surface area contributed by atoms with Gasteiger partial charge in [0.2, 0.25) is 5.91 Å². The van der Waals surface area contributed by atoms with Gasteiger partial charge in [0.05, 0.1) is 24.2 Å². The molecule has 1 aliphatic heterocycles. The smallest absolute Gasteiger partial charge is 0.269 e. The van der Waals surface area contributed by atoms with Crippen LogP contribution in [0, 0.1) is 11.8 Å². The Balaban J connectivity index is 1.34. The summed E-state index contributed by atoms with van der Waals surface area (Å²) >= 11 is 0. The first-order chi connectivity index (χ1) is 23.2. The number of hydrogen-bond acceptors (Lipinski definition) is 8. The third-order valence-corrected chi connectivity index (χ3v) is 8.95. The number of hydrogen-bond donors (Lipinski definition) is 5. The number of para-hydroxylation sites is 1. The van der Waals surface area contributed by atoms with E-state index in [0.29, 0.717) is 23.3 Å². The summed E-state index contributed by atoms with van der Waals surface area (Å²) in [6, 6.07) is 12.2. The number of methoxy groups -OCH3 is 1. The number of benzene rings is 1.